The van der Waals surface area contributed by atoms with Gasteiger partial charge in [-0.25, -0.2) is 0 Å². The molecular formula is C18H30O3Si. The zero-order chi connectivity index (χ0) is 16.9. The largest absolute Gasteiger partial charge is 0.537 e. The van der Waals surface area contributed by atoms with Crippen molar-refractivity contribution in [2.24, 2.45) is 0 Å². The Labute approximate surface area is 136 Å². The molecule has 1 aromatic rings. The van der Waals surface area contributed by atoms with E-state index >= 15 is 0 Å². The Balaban J connectivity index is 3.37. The van der Waals surface area contributed by atoms with Crippen molar-refractivity contribution in [3.63, 3.8) is 0 Å². The number of benzene rings is 1. The molecule has 0 radical (unpaired) electrons. The van der Waals surface area contributed by atoms with Crippen LogP contribution in [0, 0.1) is 0 Å². The average Bonchev–Trinajstić information content (AvgIpc) is 2.36. The van der Waals surface area contributed by atoms with E-state index in [9.17, 15) is 0 Å². The average molecular weight is 323 g/mol. The first-order chi connectivity index (χ1) is 10.2. The van der Waals surface area contributed by atoms with Crippen LogP contribution in [-0.2, 0) is 13.3 Å². The monoisotopic (exact) mass is 322 g/mol. The molecule has 124 valence electrons. The molecule has 22 heavy (non-hydrogen) atoms. The molecule has 0 unspecified atom stereocenters. The van der Waals surface area contributed by atoms with Crippen LogP contribution in [-0.4, -0.2) is 27.1 Å². The Morgan fingerprint density at radius 1 is 0.909 bits per heavy atom. The van der Waals surface area contributed by atoms with Crippen LogP contribution in [0.5, 0.6) is 0 Å². The van der Waals surface area contributed by atoms with Gasteiger partial charge in [-0.2, -0.15) is 0 Å². The van der Waals surface area contributed by atoms with Gasteiger partial charge in [0, 0.05) is 23.5 Å². The first-order valence-corrected chi connectivity index (χ1v) is 9.68. The summed E-state index contributed by atoms with van der Waals surface area (Å²) >= 11 is 0. The van der Waals surface area contributed by atoms with Crippen molar-refractivity contribution in [3.8, 4) is 0 Å². The zero-order valence-corrected chi connectivity index (χ0v) is 16.0. The third-order valence-corrected chi connectivity index (χ3v) is 6.24. The maximum atomic E-state index is 6.25. The predicted molar refractivity (Wildman–Crippen MR) is 95.2 cm³/mol. The number of rotatable bonds is 8. The Hall–Kier alpha value is -0.943. The van der Waals surface area contributed by atoms with Gasteiger partial charge in [0.05, 0.1) is 0 Å². The Morgan fingerprint density at radius 3 is 1.73 bits per heavy atom. The molecule has 0 heterocycles. The van der Waals surface area contributed by atoms with Gasteiger partial charge in [-0.05, 0) is 60.1 Å². The van der Waals surface area contributed by atoms with Crippen LogP contribution < -0.4 is 5.19 Å². The highest BCUT2D eigenvalue weighted by molar-refractivity contribution is 6.75. The summed E-state index contributed by atoms with van der Waals surface area (Å²) in [5, 5.41) is 0.990. The van der Waals surface area contributed by atoms with Gasteiger partial charge < -0.3 is 13.3 Å². The summed E-state index contributed by atoms with van der Waals surface area (Å²) in [6.45, 7) is 18.1. The molecule has 0 aliphatic rings. The molecule has 0 atom stereocenters. The van der Waals surface area contributed by atoms with Gasteiger partial charge in [0.1, 0.15) is 0 Å². The molecule has 4 heteroatoms. The van der Waals surface area contributed by atoms with Gasteiger partial charge in [-0.15, -0.1) is 0 Å². The smallest absolute Gasteiger partial charge is 0.367 e. The maximum Gasteiger partial charge on any atom is 0.537 e. The summed E-state index contributed by atoms with van der Waals surface area (Å²) in [4.78, 5) is 0. The third-order valence-electron chi connectivity index (χ3n) is 2.88. The molecule has 0 aromatic heterocycles. The molecule has 0 aliphatic carbocycles. The molecule has 0 fully saturated rings. The van der Waals surface area contributed by atoms with Gasteiger partial charge >= 0.3 is 8.80 Å². The van der Waals surface area contributed by atoms with Crippen molar-refractivity contribution >= 4 is 19.6 Å². The van der Waals surface area contributed by atoms with Crippen molar-refractivity contribution < 1.29 is 13.3 Å². The zero-order valence-electron chi connectivity index (χ0n) is 15.0. The molecule has 0 N–H and O–H groups in total. The fourth-order valence-corrected chi connectivity index (χ4v) is 5.26. The predicted octanol–water partition coefficient (Wildman–Crippen LogP) is 4.14. The fourth-order valence-electron chi connectivity index (χ4n) is 2.19. The number of allylic oxidation sites excluding steroid dienone is 1. The Bertz CT molecular complexity index is 468. The lowest BCUT2D eigenvalue weighted by Gasteiger charge is -2.34. The molecule has 0 spiro atoms. The standard InChI is InChI=1S/C18H30O3Si/c1-13(2)17-10-9-11-18(12-17)22(19-14(3)4,20-15(5)6)21-16(7)8/h9-12,14-16H,1H2,2-8H3. The lowest BCUT2D eigenvalue weighted by atomic mass is 10.1. The maximum absolute atomic E-state index is 6.25. The number of hydrogen-bond acceptors (Lipinski definition) is 3. The molecule has 0 saturated carbocycles. The summed E-state index contributed by atoms with van der Waals surface area (Å²) in [7, 11) is -2.98. The van der Waals surface area contributed by atoms with Gasteiger partial charge in [-0.1, -0.05) is 30.4 Å². The van der Waals surface area contributed by atoms with Gasteiger partial charge in [-0.3, -0.25) is 0 Å². The first kappa shape index (κ1) is 19.1. The molecular weight excluding hydrogens is 292 g/mol. The highest BCUT2D eigenvalue weighted by Gasteiger charge is 2.46. The van der Waals surface area contributed by atoms with Crippen molar-refractivity contribution in [1.82, 2.24) is 0 Å². The molecule has 0 bridgehead atoms. The second kappa shape index (κ2) is 8.06. The minimum atomic E-state index is -2.98. The van der Waals surface area contributed by atoms with Gasteiger partial charge in [0.25, 0.3) is 0 Å². The third kappa shape index (κ3) is 5.36. The molecule has 0 saturated heterocycles. The van der Waals surface area contributed by atoms with E-state index in [2.05, 4.69) is 12.6 Å². The highest BCUT2D eigenvalue weighted by Crippen LogP contribution is 2.20. The minimum Gasteiger partial charge on any atom is -0.367 e. The van der Waals surface area contributed by atoms with Crippen molar-refractivity contribution in [2.75, 3.05) is 0 Å². The quantitative estimate of drug-likeness (QED) is 0.673. The van der Waals surface area contributed by atoms with Crippen LogP contribution in [0.2, 0.25) is 0 Å². The van der Waals surface area contributed by atoms with Crippen molar-refractivity contribution in [1.29, 1.82) is 0 Å². The van der Waals surface area contributed by atoms with E-state index in [0.717, 1.165) is 16.3 Å². The molecule has 0 amide bonds. The SMILES string of the molecule is C=C(C)c1cccc([Si](OC(C)C)(OC(C)C)OC(C)C)c1. The van der Waals surface area contributed by atoms with E-state index in [0.29, 0.717) is 0 Å². The summed E-state index contributed by atoms with van der Waals surface area (Å²) in [5.74, 6) is 0. The summed E-state index contributed by atoms with van der Waals surface area (Å²) in [6, 6.07) is 8.18. The molecule has 1 rings (SSSR count). The van der Waals surface area contributed by atoms with Gasteiger partial charge in [0.2, 0.25) is 0 Å². The Kier molecular flexibility index (Phi) is 7.00. The van der Waals surface area contributed by atoms with E-state index in [1.807, 2.05) is 66.7 Å². The van der Waals surface area contributed by atoms with E-state index in [4.69, 9.17) is 13.3 Å². The van der Waals surface area contributed by atoms with Crippen LogP contribution in [0.4, 0.5) is 0 Å². The topological polar surface area (TPSA) is 27.7 Å². The fraction of sp³-hybridized carbons (Fsp3) is 0.556. The lowest BCUT2D eigenvalue weighted by molar-refractivity contribution is 0.0153. The van der Waals surface area contributed by atoms with Crippen molar-refractivity contribution in [3.05, 3.63) is 36.4 Å². The number of hydrogen-bond donors (Lipinski definition) is 0. The van der Waals surface area contributed by atoms with Crippen LogP contribution in [0.1, 0.15) is 54.0 Å². The van der Waals surface area contributed by atoms with E-state index in [-0.39, 0.29) is 18.3 Å². The second-order valence-electron chi connectivity index (χ2n) is 6.42. The Morgan fingerprint density at radius 2 is 1.36 bits per heavy atom. The molecule has 1 aromatic carbocycles. The highest BCUT2D eigenvalue weighted by atomic mass is 28.4. The normalized spacial score (nSPS) is 12.5. The summed E-state index contributed by atoms with van der Waals surface area (Å²) in [6.07, 6.45) is 0.0768. The van der Waals surface area contributed by atoms with Crippen molar-refractivity contribution in [2.45, 2.75) is 66.8 Å². The van der Waals surface area contributed by atoms with E-state index in [1.54, 1.807) is 0 Å². The van der Waals surface area contributed by atoms with Crippen LogP contribution >= 0.6 is 0 Å². The minimum absolute atomic E-state index is 0.0256. The summed E-state index contributed by atoms with van der Waals surface area (Å²) in [5.41, 5.74) is 2.10. The lowest BCUT2D eigenvalue weighted by Crippen LogP contribution is -2.60. The first-order valence-electron chi connectivity index (χ1n) is 7.96. The van der Waals surface area contributed by atoms with E-state index < -0.39 is 8.80 Å². The van der Waals surface area contributed by atoms with Gasteiger partial charge in [0.15, 0.2) is 0 Å². The molecule has 0 aliphatic heterocycles. The summed E-state index contributed by atoms with van der Waals surface area (Å²) < 4.78 is 18.7. The molecule has 3 nitrogen and oxygen atoms in total. The van der Waals surface area contributed by atoms with Crippen LogP contribution in [0.25, 0.3) is 5.57 Å². The van der Waals surface area contributed by atoms with E-state index in [1.165, 1.54) is 0 Å². The second-order valence-corrected chi connectivity index (χ2v) is 8.81. The van der Waals surface area contributed by atoms with Crippen LogP contribution in [0.15, 0.2) is 30.8 Å². The van der Waals surface area contributed by atoms with Crippen LogP contribution in [0.3, 0.4) is 0 Å².